The van der Waals surface area contributed by atoms with Gasteiger partial charge in [-0.2, -0.15) is 0 Å². The van der Waals surface area contributed by atoms with E-state index in [9.17, 15) is 9.59 Å². The van der Waals surface area contributed by atoms with Gasteiger partial charge in [-0.3, -0.25) is 9.59 Å². The second-order valence-electron chi connectivity index (χ2n) is 2.32. The van der Waals surface area contributed by atoms with Gasteiger partial charge in [0.1, 0.15) is 6.61 Å². The molecule has 0 fully saturated rings. The second kappa shape index (κ2) is 5.59. The minimum absolute atomic E-state index is 0.136. The summed E-state index contributed by atoms with van der Waals surface area (Å²) in [5, 5.41) is 17.1. The fourth-order valence-electron chi connectivity index (χ4n) is 0.481. The molecule has 0 amide bonds. The third-order valence-electron chi connectivity index (χ3n) is 1.20. The zero-order chi connectivity index (χ0) is 9.56. The third kappa shape index (κ3) is 5.73. The molecule has 2 N–H and O–H groups in total. The number of rotatable bonds is 5. The fourth-order valence-corrected chi connectivity index (χ4v) is 0.481. The summed E-state index contributed by atoms with van der Waals surface area (Å²) < 4.78 is 4.44. The molecule has 1 unspecified atom stereocenters. The number of ether oxygens (including phenoxy) is 1. The first-order valence-corrected chi connectivity index (χ1v) is 3.61. The predicted molar refractivity (Wildman–Crippen MR) is 42.8 cm³/mol. The highest BCUT2D eigenvalue weighted by atomic mass is 16.5. The zero-order valence-corrected chi connectivity index (χ0v) is 6.82. The first kappa shape index (κ1) is 11.0. The summed E-state index contributed by atoms with van der Waals surface area (Å²) in [4.78, 5) is 20.5. The van der Waals surface area contributed by atoms with Gasteiger partial charge in [-0.1, -0.05) is 6.92 Å². The highest BCUT2D eigenvalue weighted by Crippen LogP contribution is 1.91. The van der Waals surface area contributed by atoms with Gasteiger partial charge >= 0.3 is 7.28 Å². The van der Waals surface area contributed by atoms with Gasteiger partial charge < -0.3 is 14.9 Å². The molecule has 0 aromatic heterocycles. The van der Waals surface area contributed by atoms with Crippen molar-refractivity contribution in [2.75, 3.05) is 6.61 Å². The van der Waals surface area contributed by atoms with E-state index in [0.717, 1.165) is 0 Å². The van der Waals surface area contributed by atoms with Crippen LogP contribution in [0.25, 0.3) is 0 Å². The Bertz CT molecular complexity index is 169. The molecule has 0 radical (unpaired) electrons. The Labute approximate surface area is 70.6 Å². The number of carboxylic acid groups (broad SMARTS) is 1. The molecule has 0 spiro atoms. The van der Waals surface area contributed by atoms with Crippen molar-refractivity contribution in [2.24, 2.45) is 0 Å². The Kier molecular flexibility index (Phi) is 5.11. The second-order valence-corrected chi connectivity index (χ2v) is 2.32. The predicted octanol–water partition coefficient (Wildman–Crippen LogP) is 0.00840. The number of hydrogen-bond acceptors (Lipinski definition) is 4. The van der Waals surface area contributed by atoms with Crippen molar-refractivity contribution in [1.29, 1.82) is 0 Å². The SMILES string of the molecule is CCC(O)COC(=O)BC(=O)O. The molecule has 0 saturated heterocycles. The monoisotopic (exact) mass is 174 g/mol. The maximum Gasteiger partial charge on any atom is 0.392 e. The quantitative estimate of drug-likeness (QED) is 0.573. The fraction of sp³-hybridized carbons (Fsp3) is 0.667. The van der Waals surface area contributed by atoms with Gasteiger partial charge in [0.2, 0.25) is 0 Å². The molecule has 1 atom stereocenters. The van der Waals surface area contributed by atoms with E-state index in [1.54, 1.807) is 6.92 Å². The molecule has 0 saturated carbocycles. The standard InChI is InChI=1S/C6H11BO5/c1-2-4(8)3-12-6(11)7-5(9)10/h4,7-8H,2-3H2,1H3,(H,9,10). The summed E-state index contributed by atoms with van der Waals surface area (Å²) in [6.07, 6.45) is -0.233. The lowest BCUT2D eigenvalue weighted by atomic mass is 9.79. The van der Waals surface area contributed by atoms with Crippen LogP contribution in [0.3, 0.4) is 0 Å². The van der Waals surface area contributed by atoms with E-state index < -0.39 is 25.1 Å². The van der Waals surface area contributed by atoms with Crippen LogP contribution in [0.1, 0.15) is 13.3 Å². The van der Waals surface area contributed by atoms with Crippen LogP contribution in [0.2, 0.25) is 0 Å². The molecular formula is C6H11BO5. The average Bonchev–Trinajstić information content (AvgIpc) is 1.99. The van der Waals surface area contributed by atoms with E-state index in [1.165, 1.54) is 0 Å². The molecule has 6 heteroatoms. The highest BCUT2D eigenvalue weighted by molar-refractivity contribution is 6.94. The Balaban J connectivity index is 3.50. The summed E-state index contributed by atoms with van der Waals surface area (Å²) in [5.74, 6) is -2.05. The maximum atomic E-state index is 10.6. The molecule has 0 rings (SSSR count). The van der Waals surface area contributed by atoms with Crippen molar-refractivity contribution in [1.82, 2.24) is 0 Å². The van der Waals surface area contributed by atoms with Crippen LogP contribution in [0.5, 0.6) is 0 Å². The summed E-state index contributed by atoms with van der Waals surface area (Å²) in [6, 6.07) is 0. The van der Waals surface area contributed by atoms with Gasteiger partial charge in [0.15, 0.2) is 0 Å². The van der Waals surface area contributed by atoms with Crippen LogP contribution < -0.4 is 0 Å². The molecule has 0 aromatic carbocycles. The molecule has 0 bridgehead atoms. The molecule has 0 aliphatic rings. The first-order chi connectivity index (χ1) is 5.56. The van der Waals surface area contributed by atoms with E-state index >= 15 is 0 Å². The van der Waals surface area contributed by atoms with E-state index in [0.29, 0.717) is 6.42 Å². The zero-order valence-electron chi connectivity index (χ0n) is 6.82. The number of carbonyl (C=O) groups excluding carboxylic acids is 1. The third-order valence-corrected chi connectivity index (χ3v) is 1.20. The van der Waals surface area contributed by atoms with E-state index in [1.807, 2.05) is 0 Å². The number of hydrogen-bond donors (Lipinski definition) is 2. The van der Waals surface area contributed by atoms with E-state index in [2.05, 4.69) is 4.74 Å². The molecule has 68 valence electrons. The number of aliphatic hydroxyl groups excluding tert-OH is 1. The normalized spacial score (nSPS) is 11.8. The van der Waals surface area contributed by atoms with Gasteiger partial charge in [-0.05, 0) is 6.42 Å². The molecule has 12 heavy (non-hydrogen) atoms. The van der Waals surface area contributed by atoms with Crippen LogP contribution in [0, 0.1) is 0 Å². The summed E-state index contributed by atoms with van der Waals surface area (Å²) in [6.45, 7) is 1.60. The van der Waals surface area contributed by atoms with E-state index in [-0.39, 0.29) is 6.61 Å². The summed E-state index contributed by atoms with van der Waals surface area (Å²) >= 11 is 0. The van der Waals surface area contributed by atoms with Gasteiger partial charge in [0.05, 0.1) is 6.10 Å². The van der Waals surface area contributed by atoms with Gasteiger partial charge in [0, 0.05) is 0 Å². The first-order valence-electron chi connectivity index (χ1n) is 3.61. The Morgan fingerprint density at radius 2 is 2.17 bits per heavy atom. The topological polar surface area (TPSA) is 83.8 Å². The van der Waals surface area contributed by atoms with Crippen LogP contribution in [-0.2, 0) is 4.74 Å². The minimum atomic E-state index is -1.23. The molecule has 0 aliphatic heterocycles. The molecule has 0 aliphatic carbocycles. The van der Waals surface area contributed by atoms with Crippen molar-refractivity contribution in [3.63, 3.8) is 0 Å². The largest absolute Gasteiger partial charge is 0.489 e. The van der Waals surface area contributed by atoms with Crippen molar-refractivity contribution >= 4 is 19.0 Å². The van der Waals surface area contributed by atoms with Crippen molar-refractivity contribution in [2.45, 2.75) is 19.4 Å². The molecular weight excluding hydrogens is 163 g/mol. The number of carbonyl (C=O) groups is 2. The van der Waals surface area contributed by atoms with Gasteiger partial charge in [0.25, 0.3) is 11.7 Å². The van der Waals surface area contributed by atoms with Gasteiger partial charge in [-0.25, -0.2) is 0 Å². The Morgan fingerprint density at radius 1 is 1.58 bits per heavy atom. The minimum Gasteiger partial charge on any atom is -0.489 e. The molecule has 5 nitrogen and oxygen atoms in total. The average molecular weight is 174 g/mol. The van der Waals surface area contributed by atoms with Crippen molar-refractivity contribution in [3.8, 4) is 0 Å². The van der Waals surface area contributed by atoms with Crippen LogP contribution in [-0.4, -0.2) is 41.9 Å². The van der Waals surface area contributed by atoms with Crippen LogP contribution >= 0.6 is 0 Å². The Hall–Kier alpha value is -1.04. The lowest BCUT2D eigenvalue weighted by molar-refractivity contribution is 0.0778. The van der Waals surface area contributed by atoms with Crippen molar-refractivity contribution in [3.05, 3.63) is 0 Å². The smallest absolute Gasteiger partial charge is 0.392 e. The Morgan fingerprint density at radius 3 is 2.58 bits per heavy atom. The lowest BCUT2D eigenvalue weighted by Gasteiger charge is -2.07. The van der Waals surface area contributed by atoms with Crippen molar-refractivity contribution < 1.29 is 24.5 Å². The molecule has 0 heterocycles. The van der Waals surface area contributed by atoms with Gasteiger partial charge in [-0.15, -0.1) is 0 Å². The molecule has 0 aromatic rings. The summed E-state index contributed by atoms with van der Waals surface area (Å²) in [7, 11) is -0.656. The highest BCUT2D eigenvalue weighted by Gasteiger charge is 2.13. The maximum absolute atomic E-state index is 10.6. The van der Waals surface area contributed by atoms with E-state index in [4.69, 9.17) is 10.2 Å². The number of aliphatic hydroxyl groups is 1. The van der Waals surface area contributed by atoms with Crippen LogP contribution in [0.15, 0.2) is 0 Å². The lowest BCUT2D eigenvalue weighted by Crippen LogP contribution is -2.23. The summed E-state index contributed by atoms with van der Waals surface area (Å²) in [5.41, 5.74) is 0. The van der Waals surface area contributed by atoms with Crippen LogP contribution in [0.4, 0.5) is 9.59 Å².